The standard InChI is InChI=1S/C29H38N2S/c1-3-5-7-9-10-11-13-22-15-17-26-24(19-22)21-25-20-23(16-18-27(25)26)29-31-30-28(32-29)14-12-8-6-4-2/h15-20H,3-14,21H2,1-2H3. The molecule has 3 aromatic rings. The smallest absolute Gasteiger partial charge is 0.143 e. The predicted molar refractivity (Wildman–Crippen MR) is 139 cm³/mol. The summed E-state index contributed by atoms with van der Waals surface area (Å²) in [7, 11) is 0. The molecule has 1 aliphatic carbocycles. The quantitative estimate of drug-likeness (QED) is 0.192. The number of unbranched alkanes of at least 4 members (excludes halogenated alkanes) is 8. The monoisotopic (exact) mass is 446 g/mol. The minimum absolute atomic E-state index is 1.05. The number of benzene rings is 2. The molecule has 1 aromatic heterocycles. The lowest BCUT2D eigenvalue weighted by molar-refractivity contribution is 0.607. The summed E-state index contributed by atoms with van der Waals surface area (Å²) in [4.78, 5) is 0. The van der Waals surface area contributed by atoms with Gasteiger partial charge in [0.05, 0.1) is 0 Å². The summed E-state index contributed by atoms with van der Waals surface area (Å²) in [5.74, 6) is 0. The van der Waals surface area contributed by atoms with Crippen LogP contribution in [0.4, 0.5) is 0 Å². The molecule has 4 rings (SSSR count). The van der Waals surface area contributed by atoms with E-state index in [1.807, 2.05) is 0 Å². The fraction of sp³-hybridized carbons (Fsp3) is 0.517. The number of nitrogens with zero attached hydrogens (tertiary/aromatic N) is 2. The van der Waals surface area contributed by atoms with Gasteiger partial charge in [-0.1, -0.05) is 107 Å². The molecule has 0 saturated carbocycles. The summed E-state index contributed by atoms with van der Waals surface area (Å²) >= 11 is 1.77. The van der Waals surface area contributed by atoms with E-state index in [1.54, 1.807) is 11.3 Å². The van der Waals surface area contributed by atoms with E-state index >= 15 is 0 Å². The number of hydrogen-bond donors (Lipinski definition) is 0. The van der Waals surface area contributed by atoms with Crippen LogP contribution in [0.1, 0.15) is 99.8 Å². The predicted octanol–water partition coefficient (Wildman–Crippen LogP) is 8.80. The largest absolute Gasteiger partial charge is 0.147 e. The lowest BCUT2D eigenvalue weighted by Crippen LogP contribution is -1.89. The molecule has 32 heavy (non-hydrogen) atoms. The first-order valence-electron chi connectivity index (χ1n) is 12.9. The van der Waals surface area contributed by atoms with E-state index in [0.29, 0.717) is 0 Å². The normalized spacial score (nSPS) is 12.2. The minimum atomic E-state index is 1.05. The van der Waals surface area contributed by atoms with E-state index in [-0.39, 0.29) is 0 Å². The minimum Gasteiger partial charge on any atom is -0.143 e. The van der Waals surface area contributed by atoms with Crippen molar-refractivity contribution < 1.29 is 0 Å². The molecule has 170 valence electrons. The zero-order valence-electron chi connectivity index (χ0n) is 20.0. The van der Waals surface area contributed by atoms with Crippen LogP contribution in [0.5, 0.6) is 0 Å². The Labute approximate surface area is 198 Å². The molecule has 0 atom stereocenters. The van der Waals surface area contributed by atoms with Crippen molar-refractivity contribution in [2.45, 2.75) is 97.3 Å². The summed E-state index contributed by atoms with van der Waals surface area (Å²) in [5, 5.41) is 11.2. The number of hydrogen-bond acceptors (Lipinski definition) is 3. The number of aromatic nitrogens is 2. The van der Waals surface area contributed by atoms with Crippen LogP contribution in [-0.4, -0.2) is 10.2 Å². The number of fused-ring (bicyclic) bond motifs is 3. The Morgan fingerprint density at radius 2 is 1.34 bits per heavy atom. The van der Waals surface area contributed by atoms with E-state index < -0.39 is 0 Å². The van der Waals surface area contributed by atoms with Gasteiger partial charge < -0.3 is 0 Å². The van der Waals surface area contributed by atoms with E-state index in [9.17, 15) is 0 Å². The van der Waals surface area contributed by atoms with Crippen molar-refractivity contribution >= 4 is 11.3 Å². The molecule has 0 spiro atoms. The molecule has 3 heteroatoms. The molecular formula is C29H38N2S. The summed E-state index contributed by atoms with van der Waals surface area (Å²) in [6.45, 7) is 4.54. The van der Waals surface area contributed by atoms with Crippen molar-refractivity contribution in [3.63, 3.8) is 0 Å². The number of rotatable bonds is 13. The molecule has 2 aromatic carbocycles. The third-order valence-electron chi connectivity index (χ3n) is 6.72. The van der Waals surface area contributed by atoms with Crippen molar-refractivity contribution in [1.29, 1.82) is 0 Å². The average Bonchev–Trinajstić information content (AvgIpc) is 3.42. The first-order chi connectivity index (χ1) is 15.8. The highest BCUT2D eigenvalue weighted by Gasteiger charge is 2.20. The molecule has 0 unspecified atom stereocenters. The topological polar surface area (TPSA) is 25.8 Å². The highest BCUT2D eigenvalue weighted by molar-refractivity contribution is 7.14. The maximum atomic E-state index is 4.50. The van der Waals surface area contributed by atoms with E-state index in [0.717, 1.165) is 17.8 Å². The second-order valence-electron chi connectivity index (χ2n) is 9.37. The van der Waals surface area contributed by atoms with Gasteiger partial charge in [0.25, 0.3) is 0 Å². The van der Waals surface area contributed by atoms with Gasteiger partial charge in [-0.3, -0.25) is 0 Å². The van der Waals surface area contributed by atoms with Gasteiger partial charge in [-0.15, -0.1) is 10.2 Å². The van der Waals surface area contributed by atoms with Gasteiger partial charge in [0.15, 0.2) is 0 Å². The lowest BCUT2D eigenvalue weighted by atomic mass is 9.99. The van der Waals surface area contributed by atoms with Gasteiger partial charge in [0, 0.05) is 12.0 Å². The first kappa shape index (κ1) is 23.2. The maximum absolute atomic E-state index is 4.50. The number of aryl methyl sites for hydroxylation is 2. The molecule has 1 heterocycles. The van der Waals surface area contributed by atoms with Gasteiger partial charge >= 0.3 is 0 Å². The van der Waals surface area contributed by atoms with E-state index in [2.05, 4.69) is 60.4 Å². The Kier molecular flexibility index (Phi) is 8.50. The average molecular weight is 447 g/mol. The Hall–Kier alpha value is -2.00. The third-order valence-corrected chi connectivity index (χ3v) is 7.76. The SMILES string of the molecule is CCCCCCCCc1ccc2c(c1)Cc1cc(-c3nnc(CCCCCC)s3)ccc1-2. The second kappa shape index (κ2) is 11.7. The zero-order chi connectivity index (χ0) is 22.2. The van der Waals surface area contributed by atoms with Gasteiger partial charge in [-0.05, 0) is 59.6 Å². The van der Waals surface area contributed by atoms with Crippen molar-refractivity contribution in [3.8, 4) is 21.7 Å². The van der Waals surface area contributed by atoms with E-state index in [4.69, 9.17) is 0 Å². The summed E-state index contributed by atoms with van der Waals surface area (Å²) in [6, 6.07) is 14.0. The Morgan fingerprint density at radius 3 is 2.16 bits per heavy atom. The van der Waals surface area contributed by atoms with Gasteiger partial charge in [0.2, 0.25) is 0 Å². The van der Waals surface area contributed by atoms with Crippen LogP contribution < -0.4 is 0 Å². The summed E-state index contributed by atoms with van der Waals surface area (Å²) in [6.07, 6.45) is 16.6. The first-order valence-corrected chi connectivity index (χ1v) is 13.7. The highest BCUT2D eigenvalue weighted by atomic mass is 32.1. The Balaban J connectivity index is 1.36. The summed E-state index contributed by atoms with van der Waals surface area (Å²) < 4.78 is 0. The molecule has 1 aliphatic rings. The molecule has 0 fully saturated rings. The van der Waals surface area contributed by atoms with Gasteiger partial charge in [-0.25, -0.2) is 0 Å². The molecule has 0 N–H and O–H groups in total. The molecule has 0 amide bonds. The van der Waals surface area contributed by atoms with Gasteiger partial charge in [-0.2, -0.15) is 0 Å². The van der Waals surface area contributed by atoms with Crippen LogP contribution in [0.3, 0.4) is 0 Å². The summed E-state index contributed by atoms with van der Waals surface area (Å²) in [5.41, 5.74) is 8.49. The van der Waals surface area contributed by atoms with Crippen LogP contribution >= 0.6 is 11.3 Å². The van der Waals surface area contributed by atoms with Crippen molar-refractivity contribution in [2.24, 2.45) is 0 Å². The van der Waals surface area contributed by atoms with Crippen molar-refractivity contribution in [1.82, 2.24) is 10.2 Å². The van der Waals surface area contributed by atoms with Crippen LogP contribution in [0.25, 0.3) is 21.7 Å². The van der Waals surface area contributed by atoms with Crippen molar-refractivity contribution in [3.05, 3.63) is 58.1 Å². The second-order valence-corrected chi connectivity index (χ2v) is 10.4. The third kappa shape index (κ3) is 5.86. The van der Waals surface area contributed by atoms with Crippen LogP contribution in [0.15, 0.2) is 36.4 Å². The fourth-order valence-corrected chi connectivity index (χ4v) is 5.71. The highest BCUT2D eigenvalue weighted by Crippen LogP contribution is 2.39. The Bertz CT molecular complexity index is 1000. The van der Waals surface area contributed by atoms with Crippen molar-refractivity contribution in [2.75, 3.05) is 0 Å². The molecule has 0 aliphatic heterocycles. The van der Waals surface area contributed by atoms with Gasteiger partial charge in [0.1, 0.15) is 10.0 Å². The fourth-order valence-electron chi connectivity index (χ4n) is 4.84. The molecule has 0 saturated heterocycles. The molecule has 2 nitrogen and oxygen atoms in total. The molecular weight excluding hydrogens is 408 g/mol. The Morgan fingerprint density at radius 1 is 0.688 bits per heavy atom. The van der Waals surface area contributed by atoms with Crippen LogP contribution in [-0.2, 0) is 19.3 Å². The zero-order valence-corrected chi connectivity index (χ0v) is 20.8. The van der Waals surface area contributed by atoms with Crippen LogP contribution in [0, 0.1) is 0 Å². The van der Waals surface area contributed by atoms with E-state index in [1.165, 1.54) is 109 Å². The molecule has 0 bridgehead atoms. The maximum Gasteiger partial charge on any atom is 0.147 e. The van der Waals surface area contributed by atoms with Crippen LogP contribution in [0.2, 0.25) is 0 Å². The lowest BCUT2D eigenvalue weighted by Gasteiger charge is -2.06. The molecule has 0 radical (unpaired) electrons.